The molecule has 0 aliphatic carbocycles. The number of rotatable bonds is 4. The van der Waals surface area contributed by atoms with Gasteiger partial charge in [0.25, 0.3) is 11.8 Å². The van der Waals surface area contributed by atoms with Gasteiger partial charge in [-0.25, -0.2) is 17.2 Å². The van der Waals surface area contributed by atoms with Gasteiger partial charge < -0.3 is 14.5 Å². The molecule has 2 fully saturated rings. The maximum Gasteiger partial charge on any atom is 0.255 e. The summed E-state index contributed by atoms with van der Waals surface area (Å²) < 4.78 is 59.4. The molecule has 2 aromatic carbocycles. The summed E-state index contributed by atoms with van der Waals surface area (Å²) in [5.41, 5.74) is 0.0972. The molecule has 0 aromatic heterocycles. The second-order valence-corrected chi connectivity index (χ2v) is 9.63. The van der Waals surface area contributed by atoms with E-state index in [9.17, 15) is 26.8 Å². The van der Waals surface area contributed by atoms with Crippen LogP contribution in [0.15, 0.2) is 47.4 Å². The van der Waals surface area contributed by atoms with E-state index in [1.807, 2.05) is 0 Å². The highest BCUT2D eigenvalue weighted by Crippen LogP contribution is 2.23. The van der Waals surface area contributed by atoms with E-state index in [1.54, 1.807) is 12.1 Å². The molecule has 4 rings (SSSR count). The minimum atomic E-state index is -3.87. The predicted octanol–water partition coefficient (Wildman–Crippen LogP) is 1.58. The summed E-state index contributed by atoms with van der Waals surface area (Å²) in [7, 11) is -3.87. The van der Waals surface area contributed by atoms with Crippen molar-refractivity contribution in [2.24, 2.45) is 0 Å². The highest BCUT2D eigenvalue weighted by atomic mass is 32.2. The van der Waals surface area contributed by atoms with Gasteiger partial charge in [0.1, 0.15) is 0 Å². The summed E-state index contributed by atoms with van der Waals surface area (Å²) in [6, 6.07) is 9.04. The predicted molar refractivity (Wildman–Crippen MR) is 114 cm³/mol. The van der Waals surface area contributed by atoms with E-state index in [-0.39, 0.29) is 55.3 Å². The second kappa shape index (κ2) is 9.54. The Morgan fingerprint density at radius 2 is 1.39 bits per heavy atom. The lowest BCUT2D eigenvalue weighted by Crippen LogP contribution is -2.51. The van der Waals surface area contributed by atoms with Gasteiger partial charge >= 0.3 is 0 Å². The average Bonchev–Trinajstić information content (AvgIpc) is 2.85. The van der Waals surface area contributed by atoms with Crippen LogP contribution in [0, 0.1) is 11.6 Å². The lowest BCUT2D eigenvalue weighted by Gasteiger charge is -2.35. The van der Waals surface area contributed by atoms with Crippen molar-refractivity contribution in [3.8, 4) is 0 Å². The number of benzene rings is 2. The second-order valence-electron chi connectivity index (χ2n) is 7.73. The van der Waals surface area contributed by atoms with Crippen LogP contribution in [0.1, 0.15) is 20.7 Å². The SMILES string of the molecule is O=C(c1ccc(F)c(F)c1)N1CCN(C(=O)c2ccccc2S(=O)(=O)N2CCOCC2)CC1. The fraction of sp³-hybridized carbons (Fsp3) is 0.364. The molecule has 8 nitrogen and oxygen atoms in total. The number of nitrogens with zero attached hydrogens (tertiary/aromatic N) is 3. The Balaban J connectivity index is 1.47. The third-order valence-corrected chi connectivity index (χ3v) is 7.68. The molecule has 2 amide bonds. The van der Waals surface area contributed by atoms with Gasteiger partial charge in [0, 0.05) is 44.8 Å². The van der Waals surface area contributed by atoms with Crippen LogP contribution in [0.2, 0.25) is 0 Å². The molecule has 0 bridgehead atoms. The third-order valence-electron chi connectivity index (χ3n) is 5.73. The number of piperazine rings is 1. The molecule has 2 aliphatic rings. The average molecular weight is 480 g/mol. The summed E-state index contributed by atoms with van der Waals surface area (Å²) in [6.45, 7) is 1.75. The number of carbonyl (C=O) groups is 2. The summed E-state index contributed by atoms with van der Waals surface area (Å²) >= 11 is 0. The first-order valence-electron chi connectivity index (χ1n) is 10.5. The lowest BCUT2D eigenvalue weighted by atomic mass is 10.1. The standard InChI is InChI=1S/C22H23F2N3O5S/c23-18-6-5-16(15-19(18)24)21(28)25-7-9-26(10-8-25)22(29)17-3-1-2-4-20(17)33(30,31)27-11-13-32-14-12-27/h1-6,15H,7-14H2. The van der Waals surface area contributed by atoms with Crippen LogP contribution >= 0.6 is 0 Å². The fourth-order valence-electron chi connectivity index (χ4n) is 3.89. The molecular formula is C22H23F2N3O5S. The van der Waals surface area contributed by atoms with Crippen molar-refractivity contribution < 1.29 is 31.5 Å². The van der Waals surface area contributed by atoms with Crippen molar-refractivity contribution in [2.45, 2.75) is 4.90 Å². The Labute approximate surface area is 190 Å². The molecule has 0 unspecified atom stereocenters. The molecule has 0 saturated carbocycles. The molecule has 0 spiro atoms. The van der Waals surface area contributed by atoms with E-state index in [0.29, 0.717) is 13.2 Å². The number of morpholine rings is 1. The largest absolute Gasteiger partial charge is 0.379 e. The first kappa shape index (κ1) is 23.3. The highest BCUT2D eigenvalue weighted by molar-refractivity contribution is 7.89. The number of sulfonamides is 1. The van der Waals surface area contributed by atoms with Crippen molar-refractivity contribution in [1.82, 2.24) is 14.1 Å². The zero-order chi connectivity index (χ0) is 23.6. The fourth-order valence-corrected chi connectivity index (χ4v) is 5.48. The summed E-state index contributed by atoms with van der Waals surface area (Å²) in [4.78, 5) is 28.7. The Hall–Kier alpha value is -2.89. The van der Waals surface area contributed by atoms with E-state index in [0.717, 1.165) is 12.1 Å². The Morgan fingerprint density at radius 3 is 2.03 bits per heavy atom. The zero-order valence-corrected chi connectivity index (χ0v) is 18.6. The molecule has 2 aromatic rings. The molecular weight excluding hydrogens is 456 g/mol. The Kier molecular flexibility index (Phi) is 6.73. The van der Waals surface area contributed by atoms with E-state index < -0.39 is 33.5 Å². The number of hydrogen-bond donors (Lipinski definition) is 0. The van der Waals surface area contributed by atoms with E-state index in [4.69, 9.17) is 4.74 Å². The molecule has 0 N–H and O–H groups in total. The van der Waals surface area contributed by atoms with E-state index in [2.05, 4.69) is 0 Å². The summed E-state index contributed by atoms with van der Waals surface area (Å²) in [6.07, 6.45) is 0. The first-order chi connectivity index (χ1) is 15.8. The van der Waals surface area contributed by atoms with Gasteiger partial charge in [0.05, 0.1) is 23.7 Å². The molecule has 176 valence electrons. The topological polar surface area (TPSA) is 87.2 Å². The number of ether oxygens (including phenoxy) is 1. The van der Waals surface area contributed by atoms with Crippen LogP contribution < -0.4 is 0 Å². The zero-order valence-electron chi connectivity index (χ0n) is 17.7. The molecule has 33 heavy (non-hydrogen) atoms. The van der Waals surface area contributed by atoms with E-state index in [1.165, 1.54) is 32.3 Å². The van der Waals surface area contributed by atoms with E-state index >= 15 is 0 Å². The van der Waals surface area contributed by atoms with Crippen molar-refractivity contribution >= 4 is 21.8 Å². The van der Waals surface area contributed by atoms with Crippen molar-refractivity contribution in [3.05, 3.63) is 65.2 Å². The van der Waals surface area contributed by atoms with Crippen LogP contribution in [-0.2, 0) is 14.8 Å². The molecule has 11 heteroatoms. The lowest BCUT2D eigenvalue weighted by molar-refractivity contribution is 0.0532. The van der Waals surface area contributed by atoms with Gasteiger partial charge in [-0.2, -0.15) is 4.31 Å². The van der Waals surface area contributed by atoms with Crippen molar-refractivity contribution in [1.29, 1.82) is 0 Å². The smallest absolute Gasteiger partial charge is 0.255 e. The van der Waals surface area contributed by atoms with Gasteiger partial charge in [0.2, 0.25) is 10.0 Å². The molecule has 0 radical (unpaired) electrons. The van der Waals surface area contributed by atoms with Crippen LogP contribution in [-0.4, -0.2) is 86.8 Å². The molecule has 2 saturated heterocycles. The molecule has 2 heterocycles. The third kappa shape index (κ3) is 4.75. The minimum Gasteiger partial charge on any atom is -0.379 e. The molecule has 0 atom stereocenters. The van der Waals surface area contributed by atoms with Crippen LogP contribution in [0.5, 0.6) is 0 Å². The first-order valence-corrected chi connectivity index (χ1v) is 11.9. The number of carbonyl (C=O) groups excluding carboxylic acids is 2. The number of hydrogen-bond acceptors (Lipinski definition) is 5. The maximum atomic E-state index is 13.5. The van der Waals surface area contributed by atoms with Crippen LogP contribution in [0.25, 0.3) is 0 Å². The molecule has 2 aliphatic heterocycles. The van der Waals surface area contributed by atoms with Crippen LogP contribution in [0.3, 0.4) is 0 Å². The van der Waals surface area contributed by atoms with Crippen molar-refractivity contribution in [3.63, 3.8) is 0 Å². The Morgan fingerprint density at radius 1 is 0.788 bits per heavy atom. The van der Waals surface area contributed by atoms with Gasteiger partial charge in [-0.3, -0.25) is 9.59 Å². The highest BCUT2D eigenvalue weighted by Gasteiger charge is 2.33. The summed E-state index contributed by atoms with van der Waals surface area (Å²) in [5, 5.41) is 0. The van der Waals surface area contributed by atoms with Gasteiger partial charge in [-0.15, -0.1) is 0 Å². The minimum absolute atomic E-state index is 0.0237. The van der Waals surface area contributed by atoms with Gasteiger partial charge in [0.15, 0.2) is 11.6 Å². The van der Waals surface area contributed by atoms with Gasteiger partial charge in [-0.05, 0) is 30.3 Å². The quantitative estimate of drug-likeness (QED) is 0.665. The maximum absolute atomic E-state index is 13.5. The Bertz CT molecular complexity index is 1160. The van der Waals surface area contributed by atoms with Crippen LogP contribution in [0.4, 0.5) is 8.78 Å². The van der Waals surface area contributed by atoms with Crippen molar-refractivity contribution in [2.75, 3.05) is 52.5 Å². The monoisotopic (exact) mass is 479 g/mol. The number of amides is 2. The summed E-state index contributed by atoms with van der Waals surface area (Å²) in [5.74, 6) is -3.04. The number of halogens is 2. The normalized spacial score (nSPS) is 17.8. The van der Waals surface area contributed by atoms with Gasteiger partial charge in [-0.1, -0.05) is 12.1 Å².